The van der Waals surface area contributed by atoms with Crippen molar-refractivity contribution in [1.29, 1.82) is 0 Å². The number of hydrogen-bond acceptors (Lipinski definition) is 3. The second-order valence-corrected chi connectivity index (χ2v) is 5.64. The van der Waals surface area contributed by atoms with E-state index in [0.717, 1.165) is 18.2 Å². The maximum atomic E-state index is 4.76. The average molecular weight is 234 g/mol. The molecule has 17 heavy (non-hydrogen) atoms. The number of hydrogen-bond donors (Lipinski definition) is 2. The van der Waals surface area contributed by atoms with Gasteiger partial charge in [-0.1, -0.05) is 12.8 Å². The van der Waals surface area contributed by atoms with Crippen molar-refractivity contribution in [2.75, 3.05) is 6.54 Å². The summed E-state index contributed by atoms with van der Waals surface area (Å²) in [4.78, 5) is 4.76. The smallest absolute Gasteiger partial charge is 0.153 e. The second kappa shape index (κ2) is 4.77. The summed E-state index contributed by atoms with van der Waals surface area (Å²) in [7, 11) is 0. The van der Waals surface area contributed by atoms with Crippen molar-refractivity contribution in [3.63, 3.8) is 0 Å². The molecule has 2 aliphatic rings. The predicted octanol–water partition coefficient (Wildman–Crippen LogP) is 2.32. The lowest BCUT2D eigenvalue weighted by Crippen LogP contribution is -2.35. The lowest BCUT2D eigenvalue weighted by atomic mass is 9.93. The second-order valence-electron chi connectivity index (χ2n) is 5.64. The van der Waals surface area contributed by atoms with E-state index in [-0.39, 0.29) is 0 Å². The lowest BCUT2D eigenvalue weighted by Gasteiger charge is -2.25. The maximum absolute atomic E-state index is 4.76. The number of aromatic amines is 1. The minimum Gasteiger partial charge on any atom is -0.314 e. The molecule has 1 saturated heterocycles. The number of H-pyrrole nitrogens is 1. The van der Waals surface area contributed by atoms with Crippen LogP contribution in [-0.4, -0.2) is 27.8 Å². The van der Waals surface area contributed by atoms with Crippen molar-refractivity contribution in [3.05, 3.63) is 11.6 Å². The highest BCUT2D eigenvalue weighted by Crippen LogP contribution is 2.33. The Morgan fingerprint density at radius 1 is 1.12 bits per heavy atom. The highest BCUT2D eigenvalue weighted by Gasteiger charge is 2.26. The van der Waals surface area contributed by atoms with Crippen LogP contribution in [0.25, 0.3) is 0 Å². The summed E-state index contributed by atoms with van der Waals surface area (Å²) in [6.07, 6.45) is 7.62. The van der Waals surface area contributed by atoms with Gasteiger partial charge in [0.05, 0.1) is 0 Å². The first-order chi connectivity index (χ1) is 8.33. The summed E-state index contributed by atoms with van der Waals surface area (Å²) in [6.45, 7) is 3.34. The molecule has 2 unspecified atom stereocenters. The van der Waals surface area contributed by atoms with Crippen LogP contribution in [0.5, 0.6) is 0 Å². The molecule has 1 aromatic rings. The van der Waals surface area contributed by atoms with Gasteiger partial charge in [0.1, 0.15) is 5.82 Å². The Kier molecular flexibility index (Phi) is 3.14. The molecular weight excluding hydrogens is 212 g/mol. The Hall–Kier alpha value is -0.900. The van der Waals surface area contributed by atoms with Crippen LogP contribution < -0.4 is 5.32 Å². The van der Waals surface area contributed by atoms with Gasteiger partial charge in [-0.05, 0) is 39.2 Å². The van der Waals surface area contributed by atoms with Crippen molar-refractivity contribution < 1.29 is 0 Å². The zero-order valence-electron chi connectivity index (χ0n) is 10.6. The third-order valence-corrected chi connectivity index (χ3v) is 4.25. The lowest BCUT2D eigenvalue weighted by molar-refractivity contribution is 0.371. The number of nitrogens with zero attached hydrogens (tertiary/aromatic N) is 2. The molecule has 0 bridgehead atoms. The van der Waals surface area contributed by atoms with Crippen LogP contribution in [0.4, 0.5) is 0 Å². The summed E-state index contributed by atoms with van der Waals surface area (Å²) in [6, 6.07) is 0.599. The van der Waals surface area contributed by atoms with Crippen molar-refractivity contribution in [1.82, 2.24) is 20.5 Å². The summed E-state index contributed by atoms with van der Waals surface area (Å²) in [5, 5.41) is 11.1. The fourth-order valence-corrected chi connectivity index (χ4v) is 3.22. The Bertz CT molecular complexity index is 367. The summed E-state index contributed by atoms with van der Waals surface area (Å²) in [5.74, 6) is 3.40. The highest BCUT2D eigenvalue weighted by atomic mass is 15.2. The topological polar surface area (TPSA) is 53.6 Å². The van der Waals surface area contributed by atoms with Gasteiger partial charge in [0.15, 0.2) is 5.82 Å². The van der Waals surface area contributed by atoms with Gasteiger partial charge < -0.3 is 5.32 Å². The predicted molar refractivity (Wildman–Crippen MR) is 67.0 cm³/mol. The van der Waals surface area contributed by atoms with Crippen LogP contribution >= 0.6 is 0 Å². The van der Waals surface area contributed by atoms with Crippen molar-refractivity contribution >= 4 is 0 Å². The van der Waals surface area contributed by atoms with Crippen LogP contribution in [-0.2, 0) is 0 Å². The molecule has 4 nitrogen and oxygen atoms in total. The van der Waals surface area contributed by atoms with E-state index >= 15 is 0 Å². The van der Waals surface area contributed by atoms with Crippen LogP contribution in [0.2, 0.25) is 0 Å². The molecule has 1 aromatic heterocycles. The van der Waals surface area contributed by atoms with E-state index in [9.17, 15) is 0 Å². The zero-order valence-corrected chi connectivity index (χ0v) is 10.6. The molecule has 0 amide bonds. The molecule has 2 atom stereocenters. The standard InChI is InChI=1S/C13H22N4/c1-9-8-11(6-7-14-9)13-15-12(16-17-13)10-4-2-3-5-10/h9-11,14H,2-8H2,1H3,(H,15,16,17). The SMILES string of the molecule is CC1CC(c2n[nH]c(C3CCCC3)n2)CCN1. The van der Waals surface area contributed by atoms with Crippen molar-refractivity contribution in [2.45, 2.75) is 63.3 Å². The molecule has 0 radical (unpaired) electrons. The number of aromatic nitrogens is 3. The van der Waals surface area contributed by atoms with E-state index in [4.69, 9.17) is 4.98 Å². The van der Waals surface area contributed by atoms with Crippen molar-refractivity contribution in [2.24, 2.45) is 0 Å². The van der Waals surface area contributed by atoms with Crippen molar-refractivity contribution in [3.8, 4) is 0 Å². The van der Waals surface area contributed by atoms with E-state index in [1.807, 2.05) is 0 Å². The molecule has 2 heterocycles. The summed E-state index contributed by atoms with van der Waals surface area (Å²) >= 11 is 0. The van der Waals surface area contributed by atoms with E-state index in [2.05, 4.69) is 22.4 Å². The maximum Gasteiger partial charge on any atom is 0.153 e. The third-order valence-electron chi connectivity index (χ3n) is 4.25. The minimum atomic E-state index is 0.553. The molecule has 1 aliphatic heterocycles. The van der Waals surface area contributed by atoms with Crippen LogP contribution in [0.15, 0.2) is 0 Å². The van der Waals surface area contributed by atoms with Gasteiger partial charge in [-0.2, -0.15) is 5.10 Å². The number of rotatable bonds is 2. The van der Waals surface area contributed by atoms with Gasteiger partial charge in [-0.3, -0.25) is 5.10 Å². The number of nitrogens with one attached hydrogen (secondary N) is 2. The van der Waals surface area contributed by atoms with E-state index in [0.29, 0.717) is 17.9 Å². The first kappa shape index (κ1) is 11.2. The fourth-order valence-electron chi connectivity index (χ4n) is 3.22. The Morgan fingerprint density at radius 2 is 1.94 bits per heavy atom. The molecule has 1 saturated carbocycles. The normalized spacial score (nSPS) is 30.9. The fraction of sp³-hybridized carbons (Fsp3) is 0.846. The molecule has 0 spiro atoms. The Labute approximate surface area is 103 Å². The van der Waals surface area contributed by atoms with Gasteiger partial charge in [0, 0.05) is 17.9 Å². The first-order valence-corrected chi connectivity index (χ1v) is 6.98. The monoisotopic (exact) mass is 234 g/mol. The molecular formula is C13H22N4. The molecule has 1 aliphatic carbocycles. The highest BCUT2D eigenvalue weighted by molar-refractivity contribution is 5.05. The molecule has 94 valence electrons. The van der Waals surface area contributed by atoms with Gasteiger partial charge in [-0.25, -0.2) is 4.98 Å². The molecule has 4 heteroatoms. The minimum absolute atomic E-state index is 0.553. The quantitative estimate of drug-likeness (QED) is 0.825. The molecule has 3 rings (SSSR count). The van der Waals surface area contributed by atoms with Crippen LogP contribution in [0, 0.1) is 0 Å². The van der Waals surface area contributed by atoms with Gasteiger partial charge in [0.25, 0.3) is 0 Å². The molecule has 2 fully saturated rings. The van der Waals surface area contributed by atoms with Gasteiger partial charge in [-0.15, -0.1) is 0 Å². The Morgan fingerprint density at radius 3 is 2.71 bits per heavy atom. The molecule has 0 aromatic carbocycles. The molecule has 2 N–H and O–H groups in total. The van der Waals surface area contributed by atoms with Gasteiger partial charge in [0.2, 0.25) is 0 Å². The Balaban J connectivity index is 1.70. The van der Waals surface area contributed by atoms with E-state index < -0.39 is 0 Å². The zero-order chi connectivity index (χ0) is 11.7. The summed E-state index contributed by atoms with van der Waals surface area (Å²) in [5.41, 5.74) is 0. The summed E-state index contributed by atoms with van der Waals surface area (Å²) < 4.78 is 0. The average Bonchev–Trinajstić information content (AvgIpc) is 3.00. The van der Waals surface area contributed by atoms with E-state index in [1.165, 1.54) is 38.5 Å². The largest absolute Gasteiger partial charge is 0.314 e. The third kappa shape index (κ3) is 2.37. The van der Waals surface area contributed by atoms with Crippen LogP contribution in [0.1, 0.15) is 68.9 Å². The van der Waals surface area contributed by atoms with Crippen LogP contribution in [0.3, 0.4) is 0 Å². The van der Waals surface area contributed by atoms with E-state index in [1.54, 1.807) is 0 Å². The first-order valence-electron chi connectivity index (χ1n) is 6.98. The number of piperidine rings is 1. The van der Waals surface area contributed by atoms with Gasteiger partial charge >= 0.3 is 0 Å².